The van der Waals surface area contributed by atoms with Crippen molar-refractivity contribution in [2.45, 2.75) is 13.8 Å². The van der Waals surface area contributed by atoms with E-state index in [0.717, 1.165) is 6.26 Å². The smallest absolute Gasteiger partial charge is 0.208 e. The second-order valence-electron chi connectivity index (χ2n) is 3.82. The van der Waals surface area contributed by atoms with E-state index in [0.29, 0.717) is 31.5 Å². The third-order valence-corrected chi connectivity index (χ3v) is 2.26. The molecule has 0 aliphatic heterocycles. The second kappa shape index (κ2) is 7.42. The molecule has 0 bridgehead atoms. The predicted octanol–water partition coefficient (Wildman–Crippen LogP) is -1.40. The highest BCUT2D eigenvalue weighted by Gasteiger charge is 2.00. The number of hydrogen-bond acceptors (Lipinski definition) is 4. The molecule has 0 amide bonds. The van der Waals surface area contributed by atoms with E-state index < -0.39 is 10.0 Å². The molecule has 5 N–H and O–H groups in total. The van der Waals surface area contributed by atoms with Gasteiger partial charge < -0.3 is 5.32 Å². The van der Waals surface area contributed by atoms with Crippen LogP contribution in [0.5, 0.6) is 0 Å². The molecule has 96 valence electrons. The van der Waals surface area contributed by atoms with Crippen LogP contribution in [-0.2, 0) is 10.0 Å². The first-order chi connectivity index (χ1) is 7.35. The van der Waals surface area contributed by atoms with Crippen molar-refractivity contribution in [1.82, 2.24) is 15.5 Å². The molecule has 7 nitrogen and oxygen atoms in total. The van der Waals surface area contributed by atoms with Crippen LogP contribution in [0.15, 0.2) is 4.99 Å². The van der Waals surface area contributed by atoms with Gasteiger partial charge in [0.1, 0.15) is 0 Å². The maximum absolute atomic E-state index is 10.8. The Balaban J connectivity index is 3.84. The lowest BCUT2D eigenvalue weighted by Gasteiger charge is -2.09. The van der Waals surface area contributed by atoms with Gasteiger partial charge in [0.25, 0.3) is 0 Å². The van der Waals surface area contributed by atoms with E-state index in [2.05, 4.69) is 20.5 Å². The third-order valence-electron chi connectivity index (χ3n) is 1.53. The van der Waals surface area contributed by atoms with Gasteiger partial charge in [-0.05, 0) is 5.92 Å². The number of sulfonamides is 1. The third kappa shape index (κ3) is 9.69. The minimum Gasteiger partial charge on any atom is -0.354 e. The summed E-state index contributed by atoms with van der Waals surface area (Å²) >= 11 is 0. The fourth-order valence-electron chi connectivity index (χ4n) is 0.844. The van der Waals surface area contributed by atoms with Crippen LogP contribution in [-0.4, -0.2) is 40.3 Å². The highest BCUT2D eigenvalue weighted by atomic mass is 32.2. The highest BCUT2D eigenvalue weighted by molar-refractivity contribution is 7.88. The molecule has 0 aliphatic rings. The second-order valence-corrected chi connectivity index (χ2v) is 5.65. The lowest BCUT2D eigenvalue weighted by Crippen LogP contribution is -2.44. The summed E-state index contributed by atoms with van der Waals surface area (Å²) in [6.45, 7) is 5.47. The van der Waals surface area contributed by atoms with E-state index in [1.165, 1.54) is 0 Å². The molecule has 0 saturated heterocycles. The molecule has 0 aliphatic carbocycles. The minimum atomic E-state index is -3.14. The monoisotopic (exact) mass is 251 g/mol. The first kappa shape index (κ1) is 15.1. The summed E-state index contributed by atoms with van der Waals surface area (Å²) in [5.41, 5.74) is 2.42. The largest absolute Gasteiger partial charge is 0.354 e. The molecule has 16 heavy (non-hydrogen) atoms. The highest BCUT2D eigenvalue weighted by Crippen LogP contribution is 1.90. The summed E-state index contributed by atoms with van der Waals surface area (Å²) in [4.78, 5) is 4.17. The van der Waals surface area contributed by atoms with Crippen molar-refractivity contribution in [1.29, 1.82) is 0 Å². The molecule has 0 aromatic heterocycles. The number of nitrogens with two attached hydrogens (primary N) is 1. The van der Waals surface area contributed by atoms with Gasteiger partial charge in [-0.1, -0.05) is 13.8 Å². The number of aliphatic imine (C=N–C) groups is 1. The SMILES string of the molecule is CC(C)CN=C(NN)NCCNS(C)(=O)=O. The van der Waals surface area contributed by atoms with Gasteiger partial charge in [-0.2, -0.15) is 0 Å². The van der Waals surface area contributed by atoms with E-state index in [-0.39, 0.29) is 0 Å². The van der Waals surface area contributed by atoms with E-state index in [4.69, 9.17) is 5.84 Å². The number of guanidine groups is 1. The summed E-state index contributed by atoms with van der Waals surface area (Å²) in [5, 5.41) is 2.88. The van der Waals surface area contributed by atoms with Crippen LogP contribution < -0.4 is 21.3 Å². The summed E-state index contributed by atoms with van der Waals surface area (Å²) in [5.74, 6) is 6.15. The maximum Gasteiger partial charge on any atom is 0.208 e. The molecule has 0 heterocycles. The van der Waals surface area contributed by atoms with E-state index in [9.17, 15) is 8.42 Å². The number of hydrogen-bond donors (Lipinski definition) is 4. The quantitative estimate of drug-likeness (QED) is 0.153. The van der Waals surface area contributed by atoms with Crippen molar-refractivity contribution < 1.29 is 8.42 Å². The Hall–Kier alpha value is -0.860. The van der Waals surface area contributed by atoms with Crippen LogP contribution in [0.2, 0.25) is 0 Å². The molecule has 0 aromatic carbocycles. The number of nitrogens with zero attached hydrogens (tertiary/aromatic N) is 1. The lowest BCUT2D eigenvalue weighted by atomic mass is 10.2. The molecule has 0 fully saturated rings. The van der Waals surface area contributed by atoms with Crippen LogP contribution in [0.3, 0.4) is 0 Å². The number of rotatable bonds is 6. The van der Waals surface area contributed by atoms with Crippen LogP contribution >= 0.6 is 0 Å². The van der Waals surface area contributed by atoms with Crippen molar-refractivity contribution in [2.75, 3.05) is 25.9 Å². The average Bonchev–Trinajstić information content (AvgIpc) is 2.15. The Morgan fingerprint density at radius 1 is 1.38 bits per heavy atom. The van der Waals surface area contributed by atoms with Crippen LogP contribution in [0.25, 0.3) is 0 Å². The number of hydrazine groups is 1. The van der Waals surface area contributed by atoms with E-state index >= 15 is 0 Å². The summed E-state index contributed by atoms with van der Waals surface area (Å²) in [6, 6.07) is 0. The van der Waals surface area contributed by atoms with Crippen LogP contribution in [0, 0.1) is 5.92 Å². The standard InChI is InChI=1S/C8H21N5O2S/c1-7(2)6-11-8(13-9)10-4-5-12-16(3,14)15/h7,12H,4-6,9H2,1-3H3,(H2,10,11,13). The molecule has 0 radical (unpaired) electrons. The van der Waals surface area contributed by atoms with Gasteiger partial charge in [-0.15, -0.1) is 0 Å². The molecule has 0 unspecified atom stereocenters. The van der Waals surface area contributed by atoms with Gasteiger partial charge in [0.2, 0.25) is 16.0 Å². The lowest BCUT2D eigenvalue weighted by molar-refractivity contribution is 0.586. The summed E-state index contributed by atoms with van der Waals surface area (Å²) in [7, 11) is -3.14. The van der Waals surface area contributed by atoms with Gasteiger partial charge in [0, 0.05) is 19.6 Å². The Kier molecular flexibility index (Phi) is 7.02. The average molecular weight is 251 g/mol. The zero-order valence-corrected chi connectivity index (χ0v) is 10.8. The first-order valence-electron chi connectivity index (χ1n) is 5.04. The molecular formula is C8H21N5O2S. The van der Waals surface area contributed by atoms with Crippen LogP contribution in [0.4, 0.5) is 0 Å². The molecule has 0 aromatic rings. The van der Waals surface area contributed by atoms with Crippen molar-refractivity contribution >= 4 is 16.0 Å². The Morgan fingerprint density at radius 3 is 2.44 bits per heavy atom. The number of nitrogens with one attached hydrogen (secondary N) is 3. The predicted molar refractivity (Wildman–Crippen MR) is 65.3 cm³/mol. The van der Waals surface area contributed by atoms with Gasteiger partial charge in [0.15, 0.2) is 0 Å². The van der Waals surface area contributed by atoms with Crippen molar-refractivity contribution in [3.8, 4) is 0 Å². The topological polar surface area (TPSA) is 109 Å². The fourth-order valence-corrected chi connectivity index (χ4v) is 1.32. The molecule has 0 spiro atoms. The van der Waals surface area contributed by atoms with Gasteiger partial charge in [-0.25, -0.2) is 19.0 Å². The van der Waals surface area contributed by atoms with Crippen molar-refractivity contribution in [3.63, 3.8) is 0 Å². The zero-order chi connectivity index (χ0) is 12.6. The summed E-state index contributed by atoms with van der Waals surface area (Å²) in [6.07, 6.45) is 1.11. The summed E-state index contributed by atoms with van der Waals surface area (Å²) < 4.78 is 23.9. The Morgan fingerprint density at radius 2 is 2.00 bits per heavy atom. The first-order valence-corrected chi connectivity index (χ1v) is 6.94. The van der Waals surface area contributed by atoms with E-state index in [1.54, 1.807) is 0 Å². The fraction of sp³-hybridized carbons (Fsp3) is 0.875. The molecule has 0 rings (SSSR count). The molecular weight excluding hydrogens is 230 g/mol. The molecule has 8 heteroatoms. The van der Waals surface area contributed by atoms with Gasteiger partial charge >= 0.3 is 0 Å². The van der Waals surface area contributed by atoms with E-state index in [1.807, 2.05) is 13.8 Å². The van der Waals surface area contributed by atoms with Gasteiger partial charge in [0.05, 0.1) is 6.26 Å². The van der Waals surface area contributed by atoms with Gasteiger partial charge in [-0.3, -0.25) is 10.4 Å². The zero-order valence-electron chi connectivity index (χ0n) is 9.95. The molecule has 0 atom stereocenters. The Bertz CT molecular complexity index is 312. The maximum atomic E-state index is 10.8. The Labute approximate surface area is 96.9 Å². The van der Waals surface area contributed by atoms with Crippen LogP contribution in [0.1, 0.15) is 13.8 Å². The molecule has 0 saturated carbocycles. The normalized spacial score (nSPS) is 12.9. The van der Waals surface area contributed by atoms with Crippen molar-refractivity contribution in [2.24, 2.45) is 16.8 Å². The minimum absolute atomic E-state index is 0.293. The van der Waals surface area contributed by atoms with Crippen molar-refractivity contribution in [3.05, 3.63) is 0 Å².